The number of nitrogens with zero attached hydrogens (tertiary/aromatic N) is 1. The van der Waals surface area contributed by atoms with E-state index in [2.05, 4.69) is 6.92 Å². The zero-order valence-corrected chi connectivity index (χ0v) is 11.8. The van der Waals surface area contributed by atoms with Crippen LogP contribution >= 0.6 is 0 Å². The van der Waals surface area contributed by atoms with E-state index >= 15 is 0 Å². The van der Waals surface area contributed by atoms with Crippen LogP contribution in [0.4, 0.5) is 0 Å². The van der Waals surface area contributed by atoms with E-state index in [-0.39, 0.29) is 13.1 Å². The van der Waals surface area contributed by atoms with Crippen LogP contribution in [-0.4, -0.2) is 44.1 Å². The monoisotopic (exact) mass is 279 g/mol. The van der Waals surface area contributed by atoms with Crippen LogP contribution in [0, 0.1) is 0 Å². The number of unbranched alkanes of at least 4 members (excludes halogenated alkanes) is 1. The maximum absolute atomic E-state index is 11.6. The fourth-order valence-electron chi connectivity index (χ4n) is 1.96. The largest absolute Gasteiger partial charge is 0.674 e. The van der Waals surface area contributed by atoms with Gasteiger partial charge in [0.05, 0.1) is 13.1 Å². The summed E-state index contributed by atoms with van der Waals surface area (Å²) in [4.78, 5) is 24.8. The second-order valence-corrected chi connectivity index (χ2v) is 4.89. The molecular formula is C13H18BNO5. The van der Waals surface area contributed by atoms with E-state index in [0.717, 1.165) is 25.0 Å². The first-order valence-electron chi connectivity index (χ1n) is 6.74. The summed E-state index contributed by atoms with van der Waals surface area (Å²) in [5.74, 6) is -0.0962. The highest BCUT2D eigenvalue weighted by atomic mass is 16.6. The van der Waals surface area contributed by atoms with E-state index in [1.165, 1.54) is 4.90 Å². The lowest BCUT2D eigenvalue weighted by Crippen LogP contribution is -2.47. The zero-order chi connectivity index (χ0) is 14.5. The van der Waals surface area contributed by atoms with Crippen molar-refractivity contribution in [3.63, 3.8) is 0 Å². The number of carbonyl (C=O) groups excluding carboxylic acids is 2. The predicted octanol–water partition coefficient (Wildman–Crippen LogP) is 0.349. The number of furan rings is 1. The molecule has 2 heterocycles. The van der Waals surface area contributed by atoms with Gasteiger partial charge in [-0.05, 0) is 25.6 Å². The van der Waals surface area contributed by atoms with Gasteiger partial charge in [0.2, 0.25) is 0 Å². The third-order valence-corrected chi connectivity index (χ3v) is 2.97. The van der Waals surface area contributed by atoms with Crippen molar-refractivity contribution in [2.45, 2.75) is 26.2 Å². The van der Waals surface area contributed by atoms with Crippen LogP contribution in [0.15, 0.2) is 16.5 Å². The number of hydrogen-bond donors (Lipinski definition) is 0. The van der Waals surface area contributed by atoms with Crippen molar-refractivity contribution in [1.82, 2.24) is 4.90 Å². The van der Waals surface area contributed by atoms with Crippen LogP contribution in [0.1, 0.15) is 25.5 Å². The van der Waals surface area contributed by atoms with Gasteiger partial charge in [0.25, 0.3) is 0 Å². The molecule has 0 spiro atoms. The summed E-state index contributed by atoms with van der Waals surface area (Å²) in [5.41, 5.74) is 0.349. The first kappa shape index (κ1) is 14.6. The van der Waals surface area contributed by atoms with Crippen LogP contribution in [0.2, 0.25) is 0 Å². The summed E-state index contributed by atoms with van der Waals surface area (Å²) in [5, 5.41) is 0. The Labute approximate surface area is 118 Å². The third-order valence-electron chi connectivity index (χ3n) is 2.97. The molecule has 0 radical (unpaired) electrons. The van der Waals surface area contributed by atoms with Crippen molar-refractivity contribution in [2.24, 2.45) is 0 Å². The molecule has 7 heteroatoms. The van der Waals surface area contributed by atoms with E-state index in [0.29, 0.717) is 5.66 Å². The average Bonchev–Trinajstić information content (AvgIpc) is 2.82. The second-order valence-electron chi connectivity index (χ2n) is 4.89. The molecule has 0 saturated carbocycles. The second kappa shape index (κ2) is 6.61. The Morgan fingerprint density at radius 2 is 1.85 bits per heavy atom. The van der Waals surface area contributed by atoms with Crippen LogP contribution in [0.25, 0.3) is 0 Å². The van der Waals surface area contributed by atoms with Gasteiger partial charge in [-0.15, -0.1) is 0 Å². The molecule has 108 valence electrons. The summed E-state index contributed by atoms with van der Waals surface area (Å²) in [6.45, 7) is 2.20. The van der Waals surface area contributed by atoms with Gasteiger partial charge in [0.15, 0.2) is 5.66 Å². The Bertz CT molecular complexity index is 467. The zero-order valence-electron chi connectivity index (χ0n) is 11.8. The predicted molar refractivity (Wildman–Crippen MR) is 72.4 cm³/mol. The lowest BCUT2D eigenvalue weighted by molar-refractivity contribution is -0.145. The van der Waals surface area contributed by atoms with Crippen LogP contribution in [0.5, 0.6) is 0 Å². The minimum atomic E-state index is -1.08. The Morgan fingerprint density at radius 1 is 1.20 bits per heavy atom. The van der Waals surface area contributed by atoms with Crippen molar-refractivity contribution >= 4 is 24.7 Å². The Balaban J connectivity index is 2.07. The molecule has 0 amide bonds. The van der Waals surface area contributed by atoms with Crippen molar-refractivity contribution < 1.29 is 23.3 Å². The summed E-state index contributed by atoms with van der Waals surface area (Å²) in [6, 6.07) is 3.50. The SMILES string of the molecule is CCCCc1ccc(B2OC(=O)CN(C)CC(=O)O2)o1. The van der Waals surface area contributed by atoms with Gasteiger partial charge in [0.1, 0.15) is 5.76 Å². The first-order valence-corrected chi connectivity index (χ1v) is 6.74. The molecule has 0 aliphatic carbocycles. The van der Waals surface area contributed by atoms with E-state index in [4.69, 9.17) is 13.7 Å². The van der Waals surface area contributed by atoms with Gasteiger partial charge >= 0.3 is 19.1 Å². The lowest BCUT2D eigenvalue weighted by atomic mass is 9.85. The number of hydrogen-bond acceptors (Lipinski definition) is 6. The van der Waals surface area contributed by atoms with Crippen molar-refractivity contribution in [2.75, 3.05) is 20.1 Å². The topological polar surface area (TPSA) is 69.0 Å². The molecule has 6 nitrogen and oxygen atoms in total. The highest BCUT2D eigenvalue weighted by Crippen LogP contribution is 2.07. The van der Waals surface area contributed by atoms with E-state index in [1.807, 2.05) is 6.07 Å². The van der Waals surface area contributed by atoms with Gasteiger partial charge < -0.3 is 13.7 Å². The molecule has 0 unspecified atom stereocenters. The molecule has 0 bridgehead atoms. The van der Waals surface area contributed by atoms with Gasteiger partial charge in [-0.2, -0.15) is 0 Å². The Morgan fingerprint density at radius 3 is 2.45 bits per heavy atom. The number of carbonyl (C=O) groups is 2. The van der Waals surface area contributed by atoms with Gasteiger partial charge in [-0.3, -0.25) is 14.5 Å². The van der Waals surface area contributed by atoms with Crippen LogP contribution in [0.3, 0.4) is 0 Å². The first-order chi connectivity index (χ1) is 9.58. The molecular weight excluding hydrogens is 261 g/mol. The van der Waals surface area contributed by atoms with E-state index in [9.17, 15) is 9.59 Å². The summed E-state index contributed by atoms with van der Waals surface area (Å²) < 4.78 is 15.8. The molecule has 1 aliphatic rings. The molecule has 0 atom stereocenters. The average molecular weight is 279 g/mol. The maximum atomic E-state index is 11.6. The minimum Gasteiger partial charge on any atom is -0.492 e. The molecule has 1 aromatic heterocycles. The maximum Gasteiger partial charge on any atom is 0.674 e. The molecule has 20 heavy (non-hydrogen) atoms. The van der Waals surface area contributed by atoms with E-state index < -0.39 is 19.1 Å². The summed E-state index contributed by atoms with van der Waals surface area (Å²) in [7, 11) is 0.567. The Hall–Kier alpha value is -1.76. The highest BCUT2D eigenvalue weighted by Gasteiger charge is 2.36. The van der Waals surface area contributed by atoms with Crippen molar-refractivity contribution in [3.8, 4) is 0 Å². The molecule has 1 fully saturated rings. The fourth-order valence-corrected chi connectivity index (χ4v) is 1.96. The van der Waals surface area contributed by atoms with Crippen LogP contribution < -0.4 is 5.66 Å². The number of aryl methyl sites for hydroxylation is 1. The third kappa shape index (κ3) is 3.87. The highest BCUT2D eigenvalue weighted by molar-refractivity contribution is 6.63. The Kier molecular flexibility index (Phi) is 4.84. The number of likely N-dealkylation sites (N-methyl/N-ethyl adjacent to an activating group) is 1. The normalized spacial score (nSPS) is 17.4. The van der Waals surface area contributed by atoms with Gasteiger partial charge in [-0.25, -0.2) is 0 Å². The number of rotatable bonds is 4. The van der Waals surface area contributed by atoms with Gasteiger partial charge in [0, 0.05) is 6.42 Å². The summed E-state index contributed by atoms with van der Waals surface area (Å²) in [6.07, 6.45) is 2.89. The van der Waals surface area contributed by atoms with Gasteiger partial charge in [-0.1, -0.05) is 13.3 Å². The van der Waals surface area contributed by atoms with E-state index in [1.54, 1.807) is 13.1 Å². The quantitative estimate of drug-likeness (QED) is 0.741. The van der Waals surface area contributed by atoms with Crippen LogP contribution in [-0.2, 0) is 25.3 Å². The van der Waals surface area contributed by atoms with Crippen molar-refractivity contribution in [1.29, 1.82) is 0 Å². The minimum absolute atomic E-state index is 0.0506. The smallest absolute Gasteiger partial charge is 0.492 e. The molecule has 0 aromatic carbocycles. The fraction of sp³-hybridized carbons (Fsp3) is 0.538. The molecule has 1 aliphatic heterocycles. The standard InChI is InChI=1S/C13H18BNO5/c1-3-4-5-10-6-7-11(18-10)14-19-12(16)8-15(2)9-13(17)20-14/h6-7H,3-5,8-9H2,1-2H3. The molecule has 0 N–H and O–H groups in total. The molecule has 1 aromatic rings. The van der Waals surface area contributed by atoms with Crippen molar-refractivity contribution in [3.05, 3.63) is 17.9 Å². The lowest BCUT2D eigenvalue weighted by Gasteiger charge is -2.21. The molecule has 2 rings (SSSR count). The summed E-state index contributed by atoms with van der Waals surface area (Å²) >= 11 is 0. The molecule has 1 saturated heterocycles.